The van der Waals surface area contributed by atoms with Gasteiger partial charge < -0.3 is 9.47 Å². The van der Waals surface area contributed by atoms with Crippen molar-refractivity contribution >= 4 is 21.8 Å². The molecule has 0 fully saturated rings. The molecular weight excluding hydrogens is 260 g/mol. The number of pyridine rings is 1. The summed E-state index contributed by atoms with van der Waals surface area (Å²) in [5, 5.41) is 0. The van der Waals surface area contributed by atoms with Crippen LogP contribution in [-0.4, -0.2) is 29.5 Å². The smallest absolute Gasteiger partial charge is 0.254 e. The van der Waals surface area contributed by atoms with Crippen LogP contribution in [0.2, 0.25) is 0 Å². The molecule has 4 nitrogen and oxygen atoms in total. The fraction of sp³-hybridized carbons (Fsp3) is 0.400. The number of hydrogen-bond donors (Lipinski definition) is 0. The normalized spacial score (nSPS) is 10.1. The third-order valence-electron chi connectivity index (χ3n) is 2.06. The van der Waals surface area contributed by atoms with Crippen molar-refractivity contribution in [2.75, 3.05) is 14.1 Å². The van der Waals surface area contributed by atoms with Gasteiger partial charge in [0, 0.05) is 37.4 Å². The van der Waals surface area contributed by atoms with Crippen LogP contribution in [0.1, 0.15) is 5.56 Å². The van der Waals surface area contributed by atoms with Crippen LogP contribution in [0.5, 0.6) is 0 Å². The number of likely N-dealkylation sites (N-methyl/N-ethyl adjacent to an activating group) is 1. The summed E-state index contributed by atoms with van der Waals surface area (Å²) in [6, 6.07) is 1.68. The molecular formula is C10H13BrN2O2. The molecule has 1 aromatic heterocycles. The molecule has 1 aromatic rings. The topological polar surface area (TPSA) is 42.3 Å². The highest BCUT2D eigenvalue weighted by molar-refractivity contribution is 9.10. The van der Waals surface area contributed by atoms with Gasteiger partial charge >= 0.3 is 0 Å². The van der Waals surface area contributed by atoms with Gasteiger partial charge in [-0.25, -0.2) is 0 Å². The van der Waals surface area contributed by atoms with Crippen LogP contribution in [0.25, 0.3) is 0 Å². The lowest BCUT2D eigenvalue weighted by Gasteiger charge is -2.10. The van der Waals surface area contributed by atoms with E-state index in [0.717, 1.165) is 4.47 Å². The number of rotatable bonds is 2. The van der Waals surface area contributed by atoms with Crippen molar-refractivity contribution in [3.8, 4) is 0 Å². The van der Waals surface area contributed by atoms with Crippen LogP contribution in [0.15, 0.2) is 21.5 Å². The molecule has 15 heavy (non-hydrogen) atoms. The van der Waals surface area contributed by atoms with Gasteiger partial charge in [-0.1, -0.05) is 0 Å². The van der Waals surface area contributed by atoms with E-state index in [1.54, 1.807) is 33.4 Å². The number of nitrogens with zero attached hydrogens (tertiary/aromatic N) is 2. The molecule has 1 amide bonds. The molecule has 0 saturated carbocycles. The Kier molecular flexibility index (Phi) is 3.68. The van der Waals surface area contributed by atoms with Gasteiger partial charge in [-0.05, 0) is 22.0 Å². The summed E-state index contributed by atoms with van der Waals surface area (Å²) in [5.74, 6) is -0.0785. The van der Waals surface area contributed by atoms with Crippen LogP contribution in [-0.2, 0) is 18.3 Å². The summed E-state index contributed by atoms with van der Waals surface area (Å²) < 4.78 is 2.26. The summed E-state index contributed by atoms with van der Waals surface area (Å²) in [6.45, 7) is 0. The van der Waals surface area contributed by atoms with E-state index in [-0.39, 0.29) is 17.9 Å². The van der Waals surface area contributed by atoms with E-state index >= 15 is 0 Å². The Morgan fingerprint density at radius 2 is 2.13 bits per heavy atom. The monoisotopic (exact) mass is 272 g/mol. The highest BCUT2D eigenvalue weighted by Crippen LogP contribution is 2.08. The number of hydrogen-bond acceptors (Lipinski definition) is 2. The Labute approximate surface area is 96.6 Å². The van der Waals surface area contributed by atoms with E-state index in [9.17, 15) is 9.59 Å². The second kappa shape index (κ2) is 4.61. The molecule has 0 aliphatic rings. The van der Waals surface area contributed by atoms with Gasteiger partial charge in [-0.3, -0.25) is 9.59 Å². The predicted molar refractivity (Wildman–Crippen MR) is 61.8 cm³/mol. The number of carbonyl (C=O) groups is 1. The lowest BCUT2D eigenvalue weighted by Crippen LogP contribution is -2.28. The molecule has 82 valence electrons. The van der Waals surface area contributed by atoms with E-state index < -0.39 is 0 Å². The van der Waals surface area contributed by atoms with Crippen LogP contribution in [0.4, 0.5) is 0 Å². The Morgan fingerprint density at radius 3 is 2.67 bits per heavy atom. The van der Waals surface area contributed by atoms with Gasteiger partial charge in [-0.15, -0.1) is 0 Å². The zero-order valence-corrected chi connectivity index (χ0v) is 10.5. The van der Waals surface area contributed by atoms with E-state index in [4.69, 9.17) is 0 Å². The van der Waals surface area contributed by atoms with Gasteiger partial charge in [-0.2, -0.15) is 0 Å². The molecule has 5 heteroatoms. The number of carbonyl (C=O) groups excluding carboxylic acids is 1. The van der Waals surface area contributed by atoms with Crippen molar-refractivity contribution in [3.63, 3.8) is 0 Å². The maximum Gasteiger partial charge on any atom is 0.254 e. The highest BCUT2D eigenvalue weighted by Gasteiger charge is 2.10. The van der Waals surface area contributed by atoms with E-state index in [2.05, 4.69) is 15.9 Å². The molecule has 0 N–H and O–H groups in total. The van der Waals surface area contributed by atoms with Gasteiger partial charge in [0.15, 0.2) is 0 Å². The highest BCUT2D eigenvalue weighted by atomic mass is 79.9. The number of aromatic nitrogens is 1. The minimum atomic E-state index is -0.131. The first-order valence-corrected chi connectivity index (χ1v) is 5.26. The molecule has 0 spiro atoms. The Bertz CT molecular complexity index is 438. The molecule has 0 unspecified atom stereocenters. The van der Waals surface area contributed by atoms with E-state index in [1.807, 2.05) is 0 Å². The predicted octanol–water partition coefficient (Wildman–Crippen LogP) is 0.778. The summed E-state index contributed by atoms with van der Waals surface area (Å²) in [6.07, 6.45) is 1.81. The van der Waals surface area contributed by atoms with Crippen molar-refractivity contribution in [3.05, 3.63) is 32.7 Å². The first-order valence-electron chi connectivity index (χ1n) is 4.47. The summed E-state index contributed by atoms with van der Waals surface area (Å²) in [7, 11) is 5.01. The van der Waals surface area contributed by atoms with Crippen LogP contribution in [0.3, 0.4) is 0 Å². The lowest BCUT2D eigenvalue weighted by atomic mass is 10.2. The fourth-order valence-electron chi connectivity index (χ4n) is 1.18. The van der Waals surface area contributed by atoms with Crippen LogP contribution < -0.4 is 5.56 Å². The van der Waals surface area contributed by atoms with Crippen molar-refractivity contribution in [2.24, 2.45) is 7.05 Å². The quantitative estimate of drug-likeness (QED) is 0.799. The zero-order valence-electron chi connectivity index (χ0n) is 8.95. The van der Waals surface area contributed by atoms with Crippen LogP contribution in [0, 0.1) is 0 Å². The first-order chi connectivity index (χ1) is 6.91. The largest absolute Gasteiger partial charge is 0.349 e. The Balaban J connectivity index is 3.05. The molecule has 0 bridgehead atoms. The van der Waals surface area contributed by atoms with Gasteiger partial charge in [0.1, 0.15) is 0 Å². The molecule has 0 atom stereocenters. The number of amides is 1. The minimum Gasteiger partial charge on any atom is -0.349 e. The Morgan fingerprint density at radius 1 is 1.53 bits per heavy atom. The molecule has 0 aliphatic heterocycles. The van der Waals surface area contributed by atoms with Gasteiger partial charge in [0.05, 0.1) is 6.42 Å². The average molecular weight is 273 g/mol. The molecule has 1 rings (SSSR count). The molecule has 1 heterocycles. The Hall–Kier alpha value is -1.10. The summed E-state index contributed by atoms with van der Waals surface area (Å²) >= 11 is 3.29. The number of aryl methyl sites for hydroxylation is 1. The lowest BCUT2D eigenvalue weighted by molar-refractivity contribution is -0.127. The van der Waals surface area contributed by atoms with Crippen molar-refractivity contribution in [2.45, 2.75) is 6.42 Å². The van der Waals surface area contributed by atoms with Crippen molar-refractivity contribution < 1.29 is 4.79 Å². The average Bonchev–Trinajstić information content (AvgIpc) is 2.13. The first kappa shape index (κ1) is 12.0. The summed E-state index contributed by atoms with van der Waals surface area (Å²) in [5.41, 5.74) is 0.374. The standard InChI is InChI=1S/C10H13BrN2O2/c1-12(2)9(14)5-7-4-8(11)6-13(3)10(7)15/h4,6H,5H2,1-3H3. The third-order valence-corrected chi connectivity index (χ3v) is 2.50. The SMILES string of the molecule is CN(C)C(=O)Cc1cc(Br)cn(C)c1=O. The molecule has 0 aromatic carbocycles. The minimum absolute atomic E-state index is 0.0785. The molecule has 0 radical (unpaired) electrons. The third kappa shape index (κ3) is 2.92. The molecule has 0 saturated heterocycles. The maximum atomic E-state index is 11.7. The van der Waals surface area contributed by atoms with Crippen molar-refractivity contribution in [1.29, 1.82) is 0 Å². The fourth-order valence-corrected chi connectivity index (χ4v) is 1.77. The van der Waals surface area contributed by atoms with E-state index in [1.165, 1.54) is 9.47 Å². The van der Waals surface area contributed by atoms with Crippen LogP contribution >= 0.6 is 15.9 Å². The summed E-state index contributed by atoms with van der Waals surface area (Å²) in [4.78, 5) is 24.6. The molecule has 0 aliphatic carbocycles. The maximum absolute atomic E-state index is 11.7. The number of halogens is 1. The second-order valence-corrected chi connectivity index (χ2v) is 4.48. The second-order valence-electron chi connectivity index (χ2n) is 3.56. The van der Waals surface area contributed by atoms with Crippen molar-refractivity contribution in [1.82, 2.24) is 9.47 Å². The van der Waals surface area contributed by atoms with Gasteiger partial charge in [0.2, 0.25) is 5.91 Å². The van der Waals surface area contributed by atoms with E-state index in [0.29, 0.717) is 5.56 Å². The zero-order chi connectivity index (χ0) is 11.6. The van der Waals surface area contributed by atoms with Gasteiger partial charge in [0.25, 0.3) is 5.56 Å².